The fourth-order valence-electron chi connectivity index (χ4n) is 2.40. The number of hydrogen-bond acceptors (Lipinski definition) is 4. The number of ketones is 1. The quantitative estimate of drug-likeness (QED) is 0.636. The second-order valence-corrected chi connectivity index (χ2v) is 4.99. The molecule has 0 saturated heterocycles. The van der Waals surface area contributed by atoms with Gasteiger partial charge in [0.2, 0.25) is 5.91 Å². The second kappa shape index (κ2) is 6.05. The summed E-state index contributed by atoms with van der Waals surface area (Å²) in [6.07, 6.45) is 0. The Kier molecular flexibility index (Phi) is 4.37. The number of amides is 2. The minimum atomic E-state index is -0.649. The molecule has 21 heavy (non-hydrogen) atoms. The lowest BCUT2D eigenvalue weighted by Crippen LogP contribution is -2.41. The third-order valence-corrected chi connectivity index (χ3v) is 3.45. The molecule has 1 aliphatic rings. The van der Waals surface area contributed by atoms with Gasteiger partial charge in [-0.1, -0.05) is 12.1 Å². The molecular weight excluding hydrogens is 272 g/mol. The zero-order valence-corrected chi connectivity index (χ0v) is 12.4. The van der Waals surface area contributed by atoms with Crippen molar-refractivity contribution in [1.82, 2.24) is 5.32 Å². The molecule has 1 N–H and O–H groups in total. The first-order chi connectivity index (χ1) is 9.97. The van der Waals surface area contributed by atoms with E-state index in [1.165, 1.54) is 12.0 Å². The molecule has 1 aliphatic heterocycles. The van der Waals surface area contributed by atoms with Gasteiger partial charge in [0, 0.05) is 13.7 Å². The van der Waals surface area contributed by atoms with Crippen molar-refractivity contribution in [2.75, 3.05) is 31.7 Å². The van der Waals surface area contributed by atoms with Crippen LogP contribution in [-0.2, 0) is 14.3 Å². The van der Waals surface area contributed by atoms with Gasteiger partial charge in [-0.15, -0.1) is 0 Å². The van der Waals surface area contributed by atoms with Gasteiger partial charge in [0.1, 0.15) is 6.54 Å². The maximum absolute atomic E-state index is 12.1. The largest absolute Gasteiger partial charge is 0.383 e. The van der Waals surface area contributed by atoms with E-state index in [4.69, 9.17) is 4.74 Å². The summed E-state index contributed by atoms with van der Waals surface area (Å²) in [4.78, 5) is 37.3. The van der Waals surface area contributed by atoms with Crippen LogP contribution in [0.1, 0.15) is 21.5 Å². The van der Waals surface area contributed by atoms with Gasteiger partial charge in [-0.2, -0.15) is 0 Å². The van der Waals surface area contributed by atoms with Crippen LogP contribution in [0, 0.1) is 13.8 Å². The topological polar surface area (TPSA) is 75.7 Å². The lowest BCUT2D eigenvalue weighted by molar-refractivity contribution is -0.122. The highest BCUT2D eigenvalue weighted by Crippen LogP contribution is 2.34. The number of fused-ring (bicyclic) bond motifs is 1. The molecule has 0 aliphatic carbocycles. The van der Waals surface area contributed by atoms with Crippen LogP contribution in [0.25, 0.3) is 0 Å². The number of rotatable bonds is 5. The SMILES string of the molecule is COCCNC(=O)CN1C(=O)C(=O)c2c(C)ccc(C)c21. The Morgan fingerprint density at radius 1 is 1.24 bits per heavy atom. The molecule has 0 spiro atoms. The second-order valence-electron chi connectivity index (χ2n) is 4.99. The first-order valence-corrected chi connectivity index (χ1v) is 6.69. The summed E-state index contributed by atoms with van der Waals surface area (Å²) in [5.74, 6) is -1.51. The number of carbonyl (C=O) groups excluding carboxylic acids is 3. The monoisotopic (exact) mass is 290 g/mol. The van der Waals surface area contributed by atoms with Crippen molar-refractivity contribution in [3.05, 3.63) is 28.8 Å². The van der Waals surface area contributed by atoms with E-state index < -0.39 is 11.7 Å². The van der Waals surface area contributed by atoms with Gasteiger partial charge < -0.3 is 10.1 Å². The summed E-state index contributed by atoms with van der Waals surface area (Å²) in [5, 5.41) is 2.64. The third kappa shape index (κ3) is 2.80. The molecule has 2 amide bonds. The summed E-state index contributed by atoms with van der Waals surface area (Å²) in [6.45, 7) is 4.20. The van der Waals surface area contributed by atoms with Crippen LogP contribution in [-0.4, -0.2) is 44.4 Å². The fraction of sp³-hybridized carbons (Fsp3) is 0.400. The van der Waals surface area contributed by atoms with Crippen molar-refractivity contribution in [3.63, 3.8) is 0 Å². The van der Waals surface area contributed by atoms with Gasteiger partial charge in [0.15, 0.2) is 0 Å². The van der Waals surface area contributed by atoms with E-state index in [1.807, 2.05) is 19.1 Å². The first kappa shape index (κ1) is 15.2. The lowest BCUT2D eigenvalue weighted by Gasteiger charge is -2.18. The number of aryl methyl sites for hydroxylation is 2. The minimum Gasteiger partial charge on any atom is -0.383 e. The predicted molar refractivity (Wildman–Crippen MR) is 77.5 cm³/mol. The number of ether oxygens (including phenoxy) is 1. The van der Waals surface area contributed by atoms with Crippen molar-refractivity contribution in [3.8, 4) is 0 Å². The maximum Gasteiger partial charge on any atom is 0.299 e. The maximum atomic E-state index is 12.1. The Morgan fingerprint density at radius 2 is 1.90 bits per heavy atom. The smallest absolute Gasteiger partial charge is 0.299 e. The molecule has 1 aromatic rings. The Labute approximate surface area is 123 Å². The number of nitrogens with one attached hydrogen (secondary N) is 1. The highest BCUT2D eigenvalue weighted by atomic mass is 16.5. The van der Waals surface area contributed by atoms with E-state index in [0.29, 0.717) is 24.4 Å². The zero-order valence-electron chi connectivity index (χ0n) is 12.4. The van der Waals surface area contributed by atoms with Crippen molar-refractivity contribution in [1.29, 1.82) is 0 Å². The van der Waals surface area contributed by atoms with Gasteiger partial charge >= 0.3 is 0 Å². The van der Waals surface area contributed by atoms with Crippen molar-refractivity contribution < 1.29 is 19.1 Å². The van der Waals surface area contributed by atoms with Crippen LogP contribution in [0.4, 0.5) is 5.69 Å². The van der Waals surface area contributed by atoms with Gasteiger partial charge in [0.25, 0.3) is 11.7 Å². The average molecular weight is 290 g/mol. The van der Waals surface area contributed by atoms with Gasteiger partial charge in [0.05, 0.1) is 17.9 Å². The van der Waals surface area contributed by atoms with E-state index in [-0.39, 0.29) is 12.5 Å². The molecule has 0 fully saturated rings. The van der Waals surface area contributed by atoms with Gasteiger partial charge in [-0.3, -0.25) is 19.3 Å². The van der Waals surface area contributed by atoms with Crippen LogP contribution in [0.15, 0.2) is 12.1 Å². The number of methoxy groups -OCH3 is 1. The lowest BCUT2D eigenvalue weighted by atomic mass is 10.0. The molecule has 0 saturated carbocycles. The molecule has 112 valence electrons. The van der Waals surface area contributed by atoms with Gasteiger partial charge in [-0.25, -0.2) is 0 Å². The van der Waals surface area contributed by atoms with E-state index in [1.54, 1.807) is 6.92 Å². The molecule has 2 rings (SSSR count). The number of hydrogen-bond donors (Lipinski definition) is 1. The molecule has 1 heterocycles. The highest BCUT2D eigenvalue weighted by Gasteiger charge is 2.38. The summed E-state index contributed by atoms with van der Waals surface area (Å²) in [5.41, 5.74) is 2.51. The van der Waals surface area contributed by atoms with E-state index in [9.17, 15) is 14.4 Å². The minimum absolute atomic E-state index is 0.161. The number of nitrogens with zero attached hydrogens (tertiary/aromatic N) is 1. The number of Topliss-reactive ketones (excluding diaryl/α,β-unsaturated/α-hetero) is 1. The van der Waals surface area contributed by atoms with Crippen LogP contribution in [0.2, 0.25) is 0 Å². The molecule has 0 atom stereocenters. The first-order valence-electron chi connectivity index (χ1n) is 6.69. The fourth-order valence-corrected chi connectivity index (χ4v) is 2.40. The number of anilines is 1. The molecule has 0 unspecified atom stereocenters. The Bertz CT molecular complexity index is 610. The molecule has 1 aromatic carbocycles. The molecule has 0 bridgehead atoms. The molecule has 6 nitrogen and oxygen atoms in total. The standard InChI is InChI=1S/C15H18N2O4/c1-9-4-5-10(2)13-12(9)14(19)15(20)17(13)8-11(18)16-6-7-21-3/h4-5H,6-8H2,1-3H3,(H,16,18). The van der Waals surface area contributed by atoms with E-state index in [2.05, 4.69) is 5.32 Å². The van der Waals surface area contributed by atoms with Crippen molar-refractivity contribution in [2.24, 2.45) is 0 Å². The van der Waals surface area contributed by atoms with Crippen LogP contribution in [0.3, 0.4) is 0 Å². The normalized spacial score (nSPS) is 13.6. The zero-order chi connectivity index (χ0) is 15.6. The number of benzene rings is 1. The van der Waals surface area contributed by atoms with E-state index in [0.717, 1.165) is 11.1 Å². The number of carbonyl (C=O) groups is 3. The predicted octanol–water partition coefficient (Wildman–Crippen LogP) is 0.595. The molecule has 0 aromatic heterocycles. The van der Waals surface area contributed by atoms with Crippen molar-refractivity contribution in [2.45, 2.75) is 13.8 Å². The summed E-state index contributed by atoms with van der Waals surface area (Å²) in [6, 6.07) is 3.65. The van der Waals surface area contributed by atoms with Crippen LogP contribution < -0.4 is 10.2 Å². The van der Waals surface area contributed by atoms with Crippen LogP contribution in [0.5, 0.6) is 0 Å². The molecular formula is C15H18N2O4. The third-order valence-electron chi connectivity index (χ3n) is 3.45. The van der Waals surface area contributed by atoms with Gasteiger partial charge in [-0.05, 0) is 25.0 Å². The van der Waals surface area contributed by atoms with Crippen LogP contribution >= 0.6 is 0 Å². The summed E-state index contributed by atoms with van der Waals surface area (Å²) in [7, 11) is 1.54. The van der Waals surface area contributed by atoms with Crippen molar-refractivity contribution >= 4 is 23.3 Å². The summed E-state index contributed by atoms with van der Waals surface area (Å²) < 4.78 is 4.84. The molecule has 0 radical (unpaired) electrons. The Morgan fingerprint density at radius 3 is 2.57 bits per heavy atom. The van der Waals surface area contributed by atoms with E-state index >= 15 is 0 Å². The summed E-state index contributed by atoms with van der Waals surface area (Å²) >= 11 is 0. The Balaban J connectivity index is 2.23. The highest BCUT2D eigenvalue weighted by molar-refractivity contribution is 6.53. The molecule has 6 heteroatoms. The Hall–Kier alpha value is -2.21. The average Bonchev–Trinajstić information content (AvgIpc) is 2.69.